The summed E-state index contributed by atoms with van der Waals surface area (Å²) in [7, 11) is 0. The van der Waals surface area contributed by atoms with Crippen LogP contribution in [-0.2, 0) is 16.0 Å². The molecule has 0 atom stereocenters. The van der Waals surface area contributed by atoms with Crippen LogP contribution < -0.4 is 5.32 Å². The Labute approximate surface area is 101 Å². The van der Waals surface area contributed by atoms with E-state index in [9.17, 15) is 4.79 Å². The first-order valence-corrected chi connectivity index (χ1v) is 5.89. The predicted octanol–water partition coefficient (Wildman–Crippen LogP) is 1.90. The minimum atomic E-state index is -0.796. The summed E-state index contributed by atoms with van der Waals surface area (Å²) < 4.78 is 5.30. The number of benzene rings is 1. The highest BCUT2D eigenvalue weighted by Crippen LogP contribution is 2.16. The predicted molar refractivity (Wildman–Crippen MR) is 65.2 cm³/mol. The summed E-state index contributed by atoms with van der Waals surface area (Å²) in [6, 6.07) is 8.06. The van der Waals surface area contributed by atoms with E-state index in [0.717, 1.165) is 37.3 Å². The van der Waals surface area contributed by atoms with Crippen LogP contribution in [-0.4, -0.2) is 30.3 Å². The highest BCUT2D eigenvalue weighted by Gasteiger charge is 2.13. The van der Waals surface area contributed by atoms with Gasteiger partial charge in [-0.15, -0.1) is 0 Å². The topological polar surface area (TPSA) is 58.6 Å². The van der Waals surface area contributed by atoms with Crippen LogP contribution >= 0.6 is 0 Å². The molecule has 0 bridgehead atoms. The van der Waals surface area contributed by atoms with E-state index in [1.165, 1.54) is 0 Å². The van der Waals surface area contributed by atoms with Gasteiger partial charge in [-0.3, -0.25) is 4.79 Å². The Hall–Kier alpha value is -1.55. The van der Waals surface area contributed by atoms with Gasteiger partial charge < -0.3 is 15.2 Å². The third-order valence-electron chi connectivity index (χ3n) is 2.90. The average molecular weight is 235 g/mol. The zero-order chi connectivity index (χ0) is 12.1. The normalized spacial score (nSPS) is 16.7. The molecular formula is C13H17NO3. The molecular weight excluding hydrogens is 218 g/mol. The van der Waals surface area contributed by atoms with Crippen molar-refractivity contribution in [1.29, 1.82) is 0 Å². The average Bonchev–Trinajstić information content (AvgIpc) is 2.32. The second kappa shape index (κ2) is 5.68. The minimum Gasteiger partial charge on any atom is -0.481 e. The van der Waals surface area contributed by atoms with Gasteiger partial charge >= 0.3 is 5.97 Å². The minimum absolute atomic E-state index is 0.0809. The zero-order valence-corrected chi connectivity index (χ0v) is 9.69. The highest BCUT2D eigenvalue weighted by molar-refractivity contribution is 5.70. The van der Waals surface area contributed by atoms with Crippen molar-refractivity contribution < 1.29 is 14.6 Å². The van der Waals surface area contributed by atoms with Crippen LogP contribution in [0.4, 0.5) is 5.69 Å². The van der Waals surface area contributed by atoms with Crippen molar-refractivity contribution >= 4 is 11.7 Å². The Morgan fingerprint density at radius 3 is 2.53 bits per heavy atom. The molecule has 0 amide bonds. The fourth-order valence-electron chi connectivity index (χ4n) is 1.97. The van der Waals surface area contributed by atoms with E-state index in [4.69, 9.17) is 9.84 Å². The number of hydrogen-bond donors (Lipinski definition) is 2. The van der Waals surface area contributed by atoms with Crippen LogP contribution in [0, 0.1) is 0 Å². The Bertz CT molecular complexity index is 369. The van der Waals surface area contributed by atoms with Crippen LogP contribution in [0.3, 0.4) is 0 Å². The van der Waals surface area contributed by atoms with Gasteiger partial charge in [0, 0.05) is 24.9 Å². The molecule has 0 radical (unpaired) electrons. The number of carboxylic acid groups (broad SMARTS) is 1. The number of hydrogen-bond acceptors (Lipinski definition) is 3. The molecule has 0 spiro atoms. The molecule has 0 aromatic heterocycles. The molecule has 1 heterocycles. The number of carboxylic acids is 1. The Morgan fingerprint density at radius 1 is 1.29 bits per heavy atom. The van der Waals surface area contributed by atoms with Crippen LogP contribution in [0.2, 0.25) is 0 Å². The second-order valence-corrected chi connectivity index (χ2v) is 4.30. The van der Waals surface area contributed by atoms with Crippen molar-refractivity contribution in [2.45, 2.75) is 25.3 Å². The number of anilines is 1. The lowest BCUT2D eigenvalue weighted by molar-refractivity contribution is -0.136. The maximum absolute atomic E-state index is 10.5. The van der Waals surface area contributed by atoms with Crippen molar-refractivity contribution in [2.75, 3.05) is 18.5 Å². The lowest BCUT2D eigenvalue weighted by atomic mass is 10.1. The molecule has 1 aromatic carbocycles. The Kier molecular flexibility index (Phi) is 3.98. The number of rotatable bonds is 4. The van der Waals surface area contributed by atoms with E-state index >= 15 is 0 Å². The summed E-state index contributed by atoms with van der Waals surface area (Å²) in [6.45, 7) is 1.63. The smallest absolute Gasteiger partial charge is 0.307 e. The molecule has 0 unspecified atom stereocenters. The van der Waals surface area contributed by atoms with Crippen molar-refractivity contribution in [3.05, 3.63) is 29.8 Å². The van der Waals surface area contributed by atoms with Gasteiger partial charge in [0.05, 0.1) is 6.42 Å². The monoisotopic (exact) mass is 235 g/mol. The summed E-state index contributed by atoms with van der Waals surface area (Å²) in [6.07, 6.45) is 2.13. The molecule has 92 valence electrons. The van der Waals surface area contributed by atoms with E-state index in [2.05, 4.69) is 5.32 Å². The quantitative estimate of drug-likeness (QED) is 0.837. The molecule has 0 aliphatic carbocycles. The number of carbonyl (C=O) groups is 1. The van der Waals surface area contributed by atoms with Gasteiger partial charge in [0.15, 0.2) is 0 Å². The van der Waals surface area contributed by atoms with Gasteiger partial charge in [-0.1, -0.05) is 12.1 Å². The lowest BCUT2D eigenvalue weighted by Gasteiger charge is -2.24. The van der Waals surface area contributed by atoms with Crippen LogP contribution in [0.5, 0.6) is 0 Å². The van der Waals surface area contributed by atoms with E-state index in [1.807, 2.05) is 24.3 Å². The van der Waals surface area contributed by atoms with Crippen molar-refractivity contribution in [2.24, 2.45) is 0 Å². The van der Waals surface area contributed by atoms with Crippen molar-refractivity contribution in [1.82, 2.24) is 0 Å². The van der Waals surface area contributed by atoms with Gasteiger partial charge in [-0.05, 0) is 30.5 Å². The molecule has 0 saturated carbocycles. The van der Waals surface area contributed by atoms with Gasteiger partial charge in [0.25, 0.3) is 0 Å². The summed E-state index contributed by atoms with van der Waals surface area (Å²) in [4.78, 5) is 10.5. The molecule has 2 rings (SSSR count). The fraction of sp³-hybridized carbons (Fsp3) is 0.462. The van der Waals surface area contributed by atoms with E-state index in [1.54, 1.807) is 0 Å². The van der Waals surface area contributed by atoms with Crippen molar-refractivity contribution in [3.63, 3.8) is 0 Å². The molecule has 1 saturated heterocycles. The van der Waals surface area contributed by atoms with E-state index in [0.29, 0.717) is 6.04 Å². The SMILES string of the molecule is O=C(O)Cc1ccc(NC2CCOCC2)cc1. The van der Waals surface area contributed by atoms with Crippen LogP contribution in [0.1, 0.15) is 18.4 Å². The third-order valence-corrected chi connectivity index (χ3v) is 2.90. The first kappa shape index (κ1) is 11.9. The zero-order valence-electron chi connectivity index (χ0n) is 9.69. The van der Waals surface area contributed by atoms with Crippen molar-refractivity contribution in [3.8, 4) is 0 Å². The summed E-state index contributed by atoms with van der Waals surface area (Å²) in [5.41, 5.74) is 1.88. The molecule has 4 heteroatoms. The third kappa shape index (κ3) is 3.75. The van der Waals surface area contributed by atoms with Gasteiger partial charge in [0.2, 0.25) is 0 Å². The fourth-order valence-corrected chi connectivity index (χ4v) is 1.97. The van der Waals surface area contributed by atoms with Crippen LogP contribution in [0.15, 0.2) is 24.3 Å². The summed E-state index contributed by atoms with van der Waals surface area (Å²) >= 11 is 0. The summed E-state index contributed by atoms with van der Waals surface area (Å²) in [5, 5.41) is 12.1. The molecule has 1 fully saturated rings. The molecule has 1 aliphatic heterocycles. The van der Waals surface area contributed by atoms with Gasteiger partial charge in [0.1, 0.15) is 0 Å². The van der Waals surface area contributed by atoms with E-state index in [-0.39, 0.29) is 6.42 Å². The Balaban J connectivity index is 1.90. The molecule has 2 N–H and O–H groups in total. The van der Waals surface area contributed by atoms with Gasteiger partial charge in [-0.2, -0.15) is 0 Å². The number of aliphatic carboxylic acids is 1. The van der Waals surface area contributed by atoms with Gasteiger partial charge in [-0.25, -0.2) is 0 Å². The van der Waals surface area contributed by atoms with Crippen LogP contribution in [0.25, 0.3) is 0 Å². The second-order valence-electron chi connectivity index (χ2n) is 4.30. The molecule has 1 aliphatic rings. The number of ether oxygens (including phenoxy) is 1. The first-order chi connectivity index (χ1) is 8.24. The highest BCUT2D eigenvalue weighted by atomic mass is 16.5. The molecule has 1 aromatic rings. The maximum atomic E-state index is 10.5. The lowest BCUT2D eigenvalue weighted by Crippen LogP contribution is -2.27. The molecule has 17 heavy (non-hydrogen) atoms. The summed E-state index contributed by atoms with van der Waals surface area (Å²) in [5.74, 6) is -0.796. The Morgan fingerprint density at radius 2 is 1.94 bits per heavy atom. The first-order valence-electron chi connectivity index (χ1n) is 5.89. The largest absolute Gasteiger partial charge is 0.481 e. The molecule has 4 nitrogen and oxygen atoms in total. The number of nitrogens with one attached hydrogen (secondary N) is 1. The maximum Gasteiger partial charge on any atom is 0.307 e. The van der Waals surface area contributed by atoms with E-state index < -0.39 is 5.97 Å². The standard InChI is InChI=1S/C13H17NO3/c15-13(16)9-10-1-3-11(4-2-10)14-12-5-7-17-8-6-12/h1-4,12,14H,5-9H2,(H,15,16).